The average molecular weight is 491 g/mol. The van der Waals surface area contributed by atoms with Crippen molar-refractivity contribution >= 4 is 38.3 Å². The van der Waals surface area contributed by atoms with Crippen molar-refractivity contribution in [1.29, 1.82) is 0 Å². The molecule has 0 atom stereocenters. The highest BCUT2D eigenvalue weighted by Crippen LogP contribution is 2.25. The van der Waals surface area contributed by atoms with E-state index in [-0.39, 0.29) is 10.8 Å². The SMILES string of the molecule is CCOc1ccc(NS(=O)(=O)c2cc(NC(=O)c3ccc4nc(C)c(C)nc4c3)ccc2C)cc1. The average Bonchev–Trinajstić information content (AvgIpc) is 2.82. The van der Waals surface area contributed by atoms with Crippen molar-refractivity contribution in [3.8, 4) is 5.75 Å². The van der Waals surface area contributed by atoms with Crippen LogP contribution in [0.3, 0.4) is 0 Å². The first-order valence-corrected chi connectivity index (χ1v) is 12.6. The van der Waals surface area contributed by atoms with Crippen LogP contribution in [-0.4, -0.2) is 30.9 Å². The van der Waals surface area contributed by atoms with Crippen LogP contribution in [0.15, 0.2) is 65.6 Å². The van der Waals surface area contributed by atoms with Gasteiger partial charge in [0.05, 0.1) is 33.9 Å². The van der Waals surface area contributed by atoms with Crippen molar-refractivity contribution in [2.45, 2.75) is 32.6 Å². The zero-order chi connectivity index (χ0) is 25.2. The van der Waals surface area contributed by atoms with E-state index in [0.29, 0.717) is 45.9 Å². The first-order chi connectivity index (χ1) is 16.7. The number of hydrogen-bond acceptors (Lipinski definition) is 6. The number of hydrogen-bond donors (Lipinski definition) is 2. The number of aromatic nitrogens is 2. The number of anilines is 2. The fraction of sp³-hybridized carbons (Fsp3) is 0.192. The van der Waals surface area contributed by atoms with Crippen LogP contribution in [0, 0.1) is 20.8 Å². The predicted molar refractivity (Wildman–Crippen MR) is 137 cm³/mol. The lowest BCUT2D eigenvalue weighted by Gasteiger charge is -2.13. The molecule has 1 aromatic heterocycles. The Morgan fingerprint density at radius 1 is 0.857 bits per heavy atom. The maximum Gasteiger partial charge on any atom is 0.262 e. The summed E-state index contributed by atoms with van der Waals surface area (Å²) in [5.74, 6) is 0.278. The summed E-state index contributed by atoms with van der Waals surface area (Å²) >= 11 is 0. The Morgan fingerprint density at radius 2 is 1.51 bits per heavy atom. The van der Waals surface area contributed by atoms with Gasteiger partial charge >= 0.3 is 0 Å². The molecular formula is C26H26N4O4S. The molecule has 0 aliphatic heterocycles. The largest absolute Gasteiger partial charge is 0.494 e. The second kappa shape index (κ2) is 9.71. The fourth-order valence-corrected chi connectivity index (χ4v) is 4.87. The molecule has 0 bridgehead atoms. The molecule has 1 amide bonds. The number of ether oxygens (including phenoxy) is 1. The molecule has 1 heterocycles. The van der Waals surface area contributed by atoms with Gasteiger partial charge in [0.2, 0.25) is 0 Å². The van der Waals surface area contributed by atoms with Gasteiger partial charge in [-0.3, -0.25) is 9.52 Å². The Labute approximate surface area is 204 Å². The predicted octanol–water partition coefficient (Wildman–Crippen LogP) is 5.01. The van der Waals surface area contributed by atoms with E-state index in [1.807, 2.05) is 20.8 Å². The number of aryl methyl sites for hydroxylation is 3. The molecule has 3 aromatic carbocycles. The zero-order valence-corrected chi connectivity index (χ0v) is 20.7. The van der Waals surface area contributed by atoms with Crippen LogP contribution in [0.2, 0.25) is 0 Å². The van der Waals surface area contributed by atoms with Gasteiger partial charge in [0, 0.05) is 16.9 Å². The molecule has 0 unspecified atom stereocenters. The van der Waals surface area contributed by atoms with Gasteiger partial charge in [0.1, 0.15) is 5.75 Å². The van der Waals surface area contributed by atoms with Gasteiger partial charge in [-0.05, 0) is 87.9 Å². The van der Waals surface area contributed by atoms with Crippen molar-refractivity contribution in [3.05, 3.63) is 83.2 Å². The van der Waals surface area contributed by atoms with Gasteiger partial charge in [0.15, 0.2) is 0 Å². The van der Waals surface area contributed by atoms with E-state index in [1.54, 1.807) is 61.5 Å². The first kappa shape index (κ1) is 24.2. The molecule has 0 fully saturated rings. The van der Waals surface area contributed by atoms with Gasteiger partial charge in [-0.1, -0.05) is 6.07 Å². The maximum absolute atomic E-state index is 13.1. The summed E-state index contributed by atoms with van der Waals surface area (Å²) in [6.07, 6.45) is 0. The molecule has 0 aliphatic rings. The van der Waals surface area contributed by atoms with Crippen LogP contribution < -0.4 is 14.8 Å². The molecular weight excluding hydrogens is 464 g/mol. The highest BCUT2D eigenvalue weighted by Gasteiger charge is 2.19. The third-order valence-corrected chi connectivity index (χ3v) is 7.01. The number of nitrogens with one attached hydrogen (secondary N) is 2. The monoisotopic (exact) mass is 490 g/mol. The number of nitrogens with zero attached hydrogens (tertiary/aromatic N) is 2. The summed E-state index contributed by atoms with van der Waals surface area (Å²) in [4.78, 5) is 21.9. The molecule has 8 nitrogen and oxygen atoms in total. The van der Waals surface area contributed by atoms with Gasteiger partial charge in [-0.25, -0.2) is 18.4 Å². The minimum Gasteiger partial charge on any atom is -0.494 e. The third-order valence-electron chi connectivity index (χ3n) is 5.49. The zero-order valence-electron chi connectivity index (χ0n) is 19.9. The van der Waals surface area contributed by atoms with E-state index in [0.717, 1.165) is 11.4 Å². The van der Waals surface area contributed by atoms with Crippen LogP contribution in [0.1, 0.15) is 34.2 Å². The number of rotatable bonds is 7. The van der Waals surface area contributed by atoms with Gasteiger partial charge < -0.3 is 10.1 Å². The Kier molecular flexibility index (Phi) is 6.70. The summed E-state index contributed by atoms with van der Waals surface area (Å²) in [6, 6.07) is 16.5. The Balaban J connectivity index is 1.56. The number of benzene rings is 3. The van der Waals surface area contributed by atoms with Crippen LogP contribution in [0.5, 0.6) is 5.75 Å². The van der Waals surface area contributed by atoms with Crippen molar-refractivity contribution in [2.75, 3.05) is 16.6 Å². The summed E-state index contributed by atoms with van der Waals surface area (Å²) in [6.45, 7) is 7.85. The summed E-state index contributed by atoms with van der Waals surface area (Å²) in [7, 11) is -3.89. The summed E-state index contributed by atoms with van der Waals surface area (Å²) < 4.78 is 34.1. The molecule has 0 radical (unpaired) electrons. The van der Waals surface area contributed by atoms with Gasteiger partial charge in [-0.2, -0.15) is 0 Å². The van der Waals surface area contributed by atoms with Crippen LogP contribution in [0.4, 0.5) is 11.4 Å². The first-order valence-electron chi connectivity index (χ1n) is 11.1. The summed E-state index contributed by atoms with van der Waals surface area (Å²) in [5, 5.41) is 2.78. The molecule has 9 heteroatoms. The molecule has 0 saturated carbocycles. The fourth-order valence-electron chi connectivity index (χ4n) is 3.54. The standard InChI is InChI=1S/C26H26N4O4S/c1-5-34-22-11-9-20(10-12-22)30-35(32,33)25-15-21(8-6-16(25)2)29-26(31)19-7-13-23-24(14-19)28-18(4)17(3)27-23/h6-15,30H,5H2,1-4H3,(H,29,31). The van der Waals surface area contributed by atoms with Crippen molar-refractivity contribution in [2.24, 2.45) is 0 Å². The van der Waals surface area contributed by atoms with E-state index >= 15 is 0 Å². The molecule has 0 saturated heterocycles. The smallest absolute Gasteiger partial charge is 0.262 e. The van der Waals surface area contributed by atoms with E-state index in [2.05, 4.69) is 20.0 Å². The number of fused-ring (bicyclic) bond motifs is 1. The minimum atomic E-state index is -3.89. The lowest BCUT2D eigenvalue weighted by Crippen LogP contribution is -2.16. The number of sulfonamides is 1. The third kappa shape index (κ3) is 5.41. The molecule has 0 spiro atoms. The summed E-state index contributed by atoms with van der Waals surface area (Å²) in [5.41, 5.74) is 4.66. The molecule has 4 rings (SSSR count). The molecule has 4 aromatic rings. The lowest BCUT2D eigenvalue weighted by molar-refractivity contribution is 0.102. The van der Waals surface area contributed by atoms with Crippen molar-refractivity contribution < 1.29 is 17.9 Å². The van der Waals surface area contributed by atoms with Crippen LogP contribution >= 0.6 is 0 Å². The minimum absolute atomic E-state index is 0.0691. The second-order valence-electron chi connectivity index (χ2n) is 8.10. The van der Waals surface area contributed by atoms with E-state index in [9.17, 15) is 13.2 Å². The van der Waals surface area contributed by atoms with E-state index < -0.39 is 10.0 Å². The van der Waals surface area contributed by atoms with Crippen LogP contribution in [0.25, 0.3) is 11.0 Å². The molecule has 2 N–H and O–H groups in total. The van der Waals surface area contributed by atoms with E-state index in [1.165, 1.54) is 6.07 Å². The highest BCUT2D eigenvalue weighted by atomic mass is 32.2. The number of carbonyl (C=O) groups excluding carboxylic acids is 1. The highest BCUT2D eigenvalue weighted by molar-refractivity contribution is 7.92. The van der Waals surface area contributed by atoms with Crippen molar-refractivity contribution in [1.82, 2.24) is 9.97 Å². The Hall–Kier alpha value is -3.98. The number of amides is 1. The normalized spacial score (nSPS) is 11.3. The maximum atomic E-state index is 13.1. The molecule has 180 valence electrons. The topological polar surface area (TPSA) is 110 Å². The second-order valence-corrected chi connectivity index (χ2v) is 9.75. The van der Waals surface area contributed by atoms with Gasteiger partial charge in [0.25, 0.3) is 15.9 Å². The quantitative estimate of drug-likeness (QED) is 0.377. The van der Waals surface area contributed by atoms with E-state index in [4.69, 9.17) is 4.74 Å². The molecule has 0 aliphatic carbocycles. The Morgan fingerprint density at radius 3 is 2.20 bits per heavy atom. The Bertz CT molecular complexity index is 1520. The van der Waals surface area contributed by atoms with Crippen LogP contribution in [-0.2, 0) is 10.0 Å². The van der Waals surface area contributed by atoms with Gasteiger partial charge in [-0.15, -0.1) is 0 Å². The lowest BCUT2D eigenvalue weighted by atomic mass is 10.1. The van der Waals surface area contributed by atoms with Crippen molar-refractivity contribution in [3.63, 3.8) is 0 Å². The molecule has 35 heavy (non-hydrogen) atoms. The number of carbonyl (C=O) groups is 1.